The number of ether oxygens (including phenoxy) is 6. The van der Waals surface area contributed by atoms with Gasteiger partial charge in [-0.25, -0.2) is 0 Å². The molecule has 3 aliphatic heterocycles. The van der Waals surface area contributed by atoms with Gasteiger partial charge in [0.25, 0.3) is 0 Å². The van der Waals surface area contributed by atoms with Gasteiger partial charge in [0, 0.05) is 0 Å². The van der Waals surface area contributed by atoms with Crippen molar-refractivity contribution in [2.24, 2.45) is 28.1 Å². The van der Waals surface area contributed by atoms with Crippen molar-refractivity contribution >= 4 is 5.97 Å². The molecule has 21 atom stereocenters. The summed E-state index contributed by atoms with van der Waals surface area (Å²) in [7, 11) is 0. The van der Waals surface area contributed by atoms with E-state index in [1.54, 1.807) is 0 Å². The average molecular weight is 803 g/mol. The highest BCUT2D eigenvalue weighted by Gasteiger charge is 2.67. The van der Waals surface area contributed by atoms with E-state index in [0.29, 0.717) is 32.1 Å². The van der Waals surface area contributed by atoms with E-state index in [4.69, 9.17) is 28.4 Å². The van der Waals surface area contributed by atoms with Crippen molar-refractivity contribution in [2.45, 2.75) is 183 Å². The SMILES string of the molecule is C=C1CC[C@@]23CC[C@H]4[C@@](C)(CCC[C@@]4(C)C(=O)O)[C@@H]2CC[C@]1(OC1OC(CO)C(O)C(OC2OC(CO)C(O)C(O)C2O)C1OC1OC(C)C(O)C(O)C1O)C3. The second-order valence-electron chi connectivity index (χ2n) is 18.3. The molecule has 0 amide bonds. The number of hydrogen-bond acceptors (Lipinski definition) is 16. The maximum absolute atomic E-state index is 12.7. The molecule has 17 nitrogen and oxygen atoms in total. The first-order valence-electron chi connectivity index (χ1n) is 20.2. The molecule has 4 aliphatic carbocycles. The molecule has 10 N–H and O–H groups in total. The zero-order valence-corrected chi connectivity index (χ0v) is 32.3. The van der Waals surface area contributed by atoms with Gasteiger partial charge in [-0.05, 0) is 99.9 Å². The number of rotatable bonds is 9. The third kappa shape index (κ3) is 6.79. The summed E-state index contributed by atoms with van der Waals surface area (Å²) in [6, 6.07) is 0. The Morgan fingerprint density at radius 3 is 1.96 bits per heavy atom. The summed E-state index contributed by atoms with van der Waals surface area (Å²) in [4.78, 5) is 12.7. The summed E-state index contributed by atoms with van der Waals surface area (Å²) >= 11 is 0. The summed E-state index contributed by atoms with van der Waals surface area (Å²) in [6.07, 6.45) is -16.7. The van der Waals surface area contributed by atoms with Crippen LogP contribution < -0.4 is 0 Å². The summed E-state index contributed by atoms with van der Waals surface area (Å²) in [5.41, 5.74) is -1.46. The summed E-state index contributed by atoms with van der Waals surface area (Å²) in [5, 5.41) is 106. The van der Waals surface area contributed by atoms with E-state index in [0.717, 1.165) is 37.7 Å². The minimum Gasteiger partial charge on any atom is -0.481 e. The Balaban J connectivity index is 1.22. The van der Waals surface area contributed by atoms with E-state index in [9.17, 15) is 55.9 Å². The van der Waals surface area contributed by atoms with Gasteiger partial charge >= 0.3 is 5.97 Å². The molecule has 0 aromatic heterocycles. The van der Waals surface area contributed by atoms with Crippen LogP contribution in [0.3, 0.4) is 0 Å². The molecule has 56 heavy (non-hydrogen) atoms. The van der Waals surface area contributed by atoms with E-state index < -0.39 is 122 Å². The smallest absolute Gasteiger partial charge is 0.309 e. The molecule has 1 spiro atoms. The van der Waals surface area contributed by atoms with Crippen LogP contribution in [0.4, 0.5) is 0 Å². The van der Waals surface area contributed by atoms with E-state index >= 15 is 0 Å². The lowest BCUT2D eigenvalue weighted by Crippen LogP contribution is -2.68. The maximum Gasteiger partial charge on any atom is 0.309 e. The minimum absolute atomic E-state index is 0.0141. The van der Waals surface area contributed by atoms with Gasteiger partial charge in [0.2, 0.25) is 0 Å². The number of carboxylic acid groups (broad SMARTS) is 1. The predicted molar refractivity (Wildman–Crippen MR) is 190 cm³/mol. The first kappa shape index (κ1) is 42.7. The van der Waals surface area contributed by atoms with Crippen LogP contribution in [0.15, 0.2) is 12.2 Å². The third-order valence-corrected chi connectivity index (χ3v) is 15.4. The molecule has 2 bridgehead atoms. The van der Waals surface area contributed by atoms with Gasteiger partial charge in [-0.2, -0.15) is 0 Å². The van der Waals surface area contributed by atoms with Crippen LogP contribution in [0, 0.1) is 28.1 Å². The molecule has 0 aromatic carbocycles. The van der Waals surface area contributed by atoms with Crippen LogP contribution in [-0.2, 0) is 33.2 Å². The zero-order valence-electron chi connectivity index (χ0n) is 32.3. The quantitative estimate of drug-likeness (QED) is 0.0994. The minimum atomic E-state index is -1.88. The highest BCUT2D eigenvalue weighted by Crippen LogP contribution is 2.72. The summed E-state index contributed by atoms with van der Waals surface area (Å²) in [6.45, 7) is 8.61. The lowest BCUT2D eigenvalue weighted by Gasteiger charge is -2.68. The Hall–Kier alpha value is -1.39. The Labute approximate surface area is 326 Å². The lowest BCUT2D eigenvalue weighted by atomic mass is 9.37. The molecule has 7 fully saturated rings. The Bertz CT molecular complexity index is 1450. The fraction of sp³-hybridized carbons (Fsp3) is 0.923. The van der Waals surface area contributed by atoms with E-state index in [1.165, 1.54) is 6.92 Å². The van der Waals surface area contributed by atoms with Gasteiger partial charge in [-0.3, -0.25) is 4.79 Å². The van der Waals surface area contributed by atoms with Crippen LogP contribution in [0.25, 0.3) is 0 Å². The molecule has 0 aromatic rings. The van der Waals surface area contributed by atoms with Gasteiger partial charge in [-0.15, -0.1) is 0 Å². The normalized spacial score (nSPS) is 54.9. The molecule has 0 radical (unpaired) electrons. The standard InChI is InChI=1S/C39H62O17/c1-17-6-11-38-12-7-21-36(3,9-5-10-37(21,4)35(49)50)22(38)8-13-39(17,16-38)56-34-31(55-32-28(47)26(45)23(42)18(2)51-32)30(25(44)20(15-41)53-34)54-33-29(48)27(46)24(43)19(14-40)52-33/h18-34,40-48H,1,5-16H2,2-4H3,(H,49,50)/t18?,19?,20?,21-,22-,23?,24?,25?,26?,27?,28?,29?,30?,31?,32?,33?,34?,36+,37+,38-,39-/m0/s1. The fourth-order valence-corrected chi connectivity index (χ4v) is 12.2. The molecule has 15 unspecified atom stereocenters. The van der Waals surface area contributed by atoms with Crippen molar-refractivity contribution in [1.29, 1.82) is 0 Å². The maximum atomic E-state index is 12.7. The van der Waals surface area contributed by atoms with Gasteiger partial charge in [0.05, 0.1) is 30.3 Å². The summed E-state index contributed by atoms with van der Waals surface area (Å²) < 4.78 is 37.1. The summed E-state index contributed by atoms with van der Waals surface area (Å²) in [5.74, 6) is -0.522. The number of carboxylic acids is 1. The van der Waals surface area contributed by atoms with Crippen LogP contribution in [0.1, 0.15) is 85.0 Å². The number of aliphatic hydroxyl groups is 9. The Morgan fingerprint density at radius 1 is 0.714 bits per heavy atom. The number of aliphatic carboxylic acids is 1. The molecular formula is C39H62O17. The van der Waals surface area contributed by atoms with Crippen molar-refractivity contribution < 1.29 is 84.3 Å². The molecular weight excluding hydrogens is 740 g/mol. The second-order valence-corrected chi connectivity index (χ2v) is 18.3. The van der Waals surface area contributed by atoms with Crippen LogP contribution >= 0.6 is 0 Å². The van der Waals surface area contributed by atoms with Crippen LogP contribution in [0.2, 0.25) is 0 Å². The lowest BCUT2D eigenvalue weighted by molar-refractivity contribution is -0.401. The van der Waals surface area contributed by atoms with Gasteiger partial charge in [0.1, 0.15) is 67.1 Å². The Kier molecular flexibility index (Phi) is 11.9. The molecule has 7 aliphatic rings. The molecule has 17 heteroatoms. The fourth-order valence-electron chi connectivity index (χ4n) is 12.2. The van der Waals surface area contributed by atoms with Gasteiger partial charge < -0.3 is 79.5 Å². The molecule has 320 valence electrons. The molecule has 7 rings (SSSR count). The van der Waals surface area contributed by atoms with Crippen molar-refractivity contribution in [3.63, 3.8) is 0 Å². The molecule has 4 saturated carbocycles. The van der Waals surface area contributed by atoms with Crippen molar-refractivity contribution in [2.75, 3.05) is 13.2 Å². The monoisotopic (exact) mass is 802 g/mol. The van der Waals surface area contributed by atoms with E-state index in [-0.39, 0.29) is 22.7 Å². The van der Waals surface area contributed by atoms with Crippen molar-refractivity contribution in [3.05, 3.63) is 12.2 Å². The largest absolute Gasteiger partial charge is 0.481 e. The van der Waals surface area contributed by atoms with Gasteiger partial charge in [0.15, 0.2) is 18.9 Å². The van der Waals surface area contributed by atoms with Crippen LogP contribution in [0.5, 0.6) is 0 Å². The number of fused-ring (bicyclic) bond motifs is 3. The molecule has 3 heterocycles. The predicted octanol–water partition coefficient (Wildman–Crippen LogP) is -0.955. The second kappa shape index (κ2) is 15.6. The topological polar surface area (TPSA) is 275 Å². The highest BCUT2D eigenvalue weighted by atomic mass is 16.8. The van der Waals surface area contributed by atoms with E-state index in [2.05, 4.69) is 13.5 Å². The van der Waals surface area contributed by atoms with Crippen LogP contribution in [-0.4, -0.2) is 168 Å². The van der Waals surface area contributed by atoms with E-state index in [1.807, 2.05) is 6.92 Å². The number of aliphatic hydroxyl groups excluding tert-OH is 9. The number of carbonyl (C=O) groups is 1. The first-order valence-corrected chi connectivity index (χ1v) is 20.2. The van der Waals surface area contributed by atoms with Crippen molar-refractivity contribution in [1.82, 2.24) is 0 Å². The number of hydrogen-bond donors (Lipinski definition) is 10. The van der Waals surface area contributed by atoms with Crippen molar-refractivity contribution in [3.8, 4) is 0 Å². The third-order valence-electron chi connectivity index (χ3n) is 15.4. The Morgan fingerprint density at radius 2 is 1.30 bits per heavy atom. The van der Waals surface area contributed by atoms with Gasteiger partial charge in [-0.1, -0.05) is 19.9 Å². The highest BCUT2D eigenvalue weighted by molar-refractivity contribution is 5.75. The first-order chi connectivity index (χ1) is 26.4. The molecule has 3 saturated heterocycles. The average Bonchev–Trinajstić information content (AvgIpc) is 3.16. The zero-order chi connectivity index (χ0) is 40.7.